The van der Waals surface area contributed by atoms with E-state index < -0.39 is 0 Å². The van der Waals surface area contributed by atoms with E-state index in [0.29, 0.717) is 24.5 Å². The van der Waals surface area contributed by atoms with Crippen LogP contribution in [0.4, 0.5) is 0 Å². The molecule has 140 valence electrons. The highest BCUT2D eigenvalue weighted by molar-refractivity contribution is 5.96. The van der Waals surface area contributed by atoms with Crippen LogP contribution < -0.4 is 14.8 Å². The van der Waals surface area contributed by atoms with E-state index in [-0.39, 0.29) is 17.4 Å². The minimum atomic E-state index is -0.158. The van der Waals surface area contributed by atoms with Gasteiger partial charge in [0.2, 0.25) is 0 Å². The Morgan fingerprint density at radius 2 is 1.62 bits per heavy atom. The van der Waals surface area contributed by atoms with E-state index in [9.17, 15) is 4.79 Å². The lowest BCUT2D eigenvalue weighted by Gasteiger charge is -2.22. The summed E-state index contributed by atoms with van der Waals surface area (Å²) in [6, 6.07) is 15.3. The maximum absolute atomic E-state index is 12.4. The third-order valence-corrected chi connectivity index (χ3v) is 3.83. The molecule has 26 heavy (non-hydrogen) atoms. The molecule has 0 saturated heterocycles. The molecule has 1 amide bonds. The highest BCUT2D eigenvalue weighted by Gasteiger charge is 2.18. The Labute approximate surface area is 156 Å². The lowest BCUT2D eigenvalue weighted by molar-refractivity contribution is 0.0941. The summed E-state index contributed by atoms with van der Waals surface area (Å²) in [5, 5.41) is 2.90. The Bertz CT molecular complexity index is 732. The number of ether oxygens (including phenoxy) is 2. The molecule has 0 aliphatic heterocycles. The van der Waals surface area contributed by atoms with Crippen LogP contribution in [-0.4, -0.2) is 25.2 Å². The van der Waals surface area contributed by atoms with Gasteiger partial charge < -0.3 is 14.8 Å². The van der Waals surface area contributed by atoms with Crippen molar-refractivity contribution in [3.63, 3.8) is 0 Å². The first kappa shape index (κ1) is 19.8. The van der Waals surface area contributed by atoms with Crippen molar-refractivity contribution in [3.8, 4) is 11.5 Å². The summed E-state index contributed by atoms with van der Waals surface area (Å²) in [4.78, 5) is 12.4. The average molecular weight is 355 g/mol. The fraction of sp³-hybridized carbons (Fsp3) is 0.409. The molecule has 0 atom stereocenters. The van der Waals surface area contributed by atoms with E-state index >= 15 is 0 Å². The van der Waals surface area contributed by atoms with Crippen LogP contribution in [0.2, 0.25) is 0 Å². The first-order valence-corrected chi connectivity index (χ1v) is 9.05. The molecule has 0 unspecified atom stereocenters. The standard InChI is InChI=1S/C22H29NO3/c1-16(2)26-19-12-8-6-10-17(19)21(24)23-14-15-25-20-13-9-7-11-18(20)22(3,4)5/h6-13,16H,14-15H2,1-5H3,(H,23,24). The molecule has 0 aliphatic rings. The summed E-state index contributed by atoms with van der Waals surface area (Å²) in [7, 11) is 0. The van der Waals surface area contributed by atoms with Crippen molar-refractivity contribution >= 4 is 5.91 Å². The smallest absolute Gasteiger partial charge is 0.255 e. The molecule has 2 aromatic rings. The first-order valence-electron chi connectivity index (χ1n) is 9.05. The van der Waals surface area contributed by atoms with Gasteiger partial charge >= 0.3 is 0 Å². The molecule has 4 heteroatoms. The van der Waals surface area contributed by atoms with Gasteiger partial charge in [0.05, 0.1) is 18.2 Å². The Morgan fingerprint density at radius 3 is 2.27 bits per heavy atom. The van der Waals surface area contributed by atoms with Crippen molar-refractivity contribution in [1.82, 2.24) is 5.32 Å². The fourth-order valence-electron chi connectivity index (χ4n) is 2.64. The molecule has 1 N–H and O–H groups in total. The fourth-order valence-corrected chi connectivity index (χ4v) is 2.64. The number of benzene rings is 2. The van der Waals surface area contributed by atoms with Crippen molar-refractivity contribution in [2.45, 2.75) is 46.1 Å². The molecule has 0 heterocycles. The zero-order chi connectivity index (χ0) is 19.2. The monoisotopic (exact) mass is 355 g/mol. The van der Waals surface area contributed by atoms with E-state index in [1.54, 1.807) is 6.07 Å². The molecule has 0 aromatic heterocycles. The molecule has 0 spiro atoms. The number of carbonyl (C=O) groups is 1. The molecule has 2 rings (SSSR count). The second-order valence-electron chi connectivity index (χ2n) is 7.51. The summed E-state index contributed by atoms with van der Waals surface area (Å²) in [6.07, 6.45) is 0.0150. The Kier molecular flexibility index (Phi) is 6.67. The number of hydrogen-bond donors (Lipinski definition) is 1. The normalized spacial score (nSPS) is 11.3. The van der Waals surface area contributed by atoms with Crippen LogP contribution in [0, 0.1) is 0 Å². The van der Waals surface area contributed by atoms with Crippen molar-refractivity contribution in [2.24, 2.45) is 0 Å². The number of hydrogen-bond acceptors (Lipinski definition) is 3. The summed E-state index contributed by atoms with van der Waals surface area (Å²) in [5.74, 6) is 1.30. The van der Waals surface area contributed by atoms with Gasteiger partial charge in [-0.1, -0.05) is 51.1 Å². The Hall–Kier alpha value is -2.49. The van der Waals surface area contributed by atoms with E-state index in [2.05, 4.69) is 32.2 Å². The summed E-state index contributed by atoms with van der Waals surface area (Å²) >= 11 is 0. The van der Waals surface area contributed by atoms with Crippen LogP contribution in [0.5, 0.6) is 11.5 Å². The van der Waals surface area contributed by atoms with E-state index in [0.717, 1.165) is 11.3 Å². The largest absolute Gasteiger partial charge is 0.491 e. The first-order chi connectivity index (χ1) is 12.3. The lowest BCUT2D eigenvalue weighted by Crippen LogP contribution is -2.29. The Morgan fingerprint density at radius 1 is 1.00 bits per heavy atom. The molecule has 0 saturated carbocycles. The van der Waals surface area contributed by atoms with Gasteiger partial charge in [0.25, 0.3) is 5.91 Å². The van der Waals surface area contributed by atoms with Crippen molar-refractivity contribution in [2.75, 3.05) is 13.2 Å². The predicted molar refractivity (Wildman–Crippen MR) is 105 cm³/mol. The van der Waals surface area contributed by atoms with Gasteiger partial charge in [-0.05, 0) is 43.0 Å². The van der Waals surface area contributed by atoms with Crippen LogP contribution in [0.15, 0.2) is 48.5 Å². The molecule has 0 radical (unpaired) electrons. The van der Waals surface area contributed by atoms with Gasteiger partial charge in [-0.15, -0.1) is 0 Å². The minimum Gasteiger partial charge on any atom is -0.491 e. The van der Waals surface area contributed by atoms with Crippen LogP contribution in [-0.2, 0) is 5.41 Å². The number of amides is 1. The topological polar surface area (TPSA) is 47.6 Å². The van der Waals surface area contributed by atoms with E-state index in [1.165, 1.54) is 0 Å². The molecule has 0 fully saturated rings. The van der Waals surface area contributed by atoms with Gasteiger partial charge in [-0.25, -0.2) is 0 Å². The van der Waals surface area contributed by atoms with Gasteiger partial charge in [0, 0.05) is 0 Å². The van der Waals surface area contributed by atoms with E-state index in [1.807, 2.05) is 50.2 Å². The van der Waals surface area contributed by atoms with Gasteiger partial charge in [0.1, 0.15) is 18.1 Å². The third-order valence-electron chi connectivity index (χ3n) is 3.83. The summed E-state index contributed by atoms with van der Waals surface area (Å²) in [6.45, 7) is 11.2. The Balaban J connectivity index is 1.93. The van der Waals surface area contributed by atoms with Crippen molar-refractivity contribution in [1.29, 1.82) is 0 Å². The highest BCUT2D eigenvalue weighted by atomic mass is 16.5. The zero-order valence-corrected chi connectivity index (χ0v) is 16.3. The second kappa shape index (κ2) is 8.75. The lowest BCUT2D eigenvalue weighted by atomic mass is 9.86. The van der Waals surface area contributed by atoms with Gasteiger partial charge in [-0.3, -0.25) is 4.79 Å². The molecule has 0 aliphatic carbocycles. The van der Waals surface area contributed by atoms with Crippen LogP contribution in [0.1, 0.15) is 50.5 Å². The third kappa shape index (κ3) is 5.51. The summed E-state index contributed by atoms with van der Waals surface area (Å²) in [5.41, 5.74) is 1.70. The quantitative estimate of drug-likeness (QED) is 0.740. The molecule has 2 aromatic carbocycles. The maximum Gasteiger partial charge on any atom is 0.255 e. The van der Waals surface area contributed by atoms with Crippen molar-refractivity contribution in [3.05, 3.63) is 59.7 Å². The number of rotatable bonds is 7. The molecular weight excluding hydrogens is 326 g/mol. The number of para-hydroxylation sites is 2. The van der Waals surface area contributed by atoms with Crippen LogP contribution in [0.3, 0.4) is 0 Å². The second-order valence-corrected chi connectivity index (χ2v) is 7.51. The van der Waals surface area contributed by atoms with Crippen LogP contribution >= 0.6 is 0 Å². The number of nitrogens with one attached hydrogen (secondary N) is 1. The highest BCUT2D eigenvalue weighted by Crippen LogP contribution is 2.30. The molecule has 4 nitrogen and oxygen atoms in total. The SMILES string of the molecule is CC(C)Oc1ccccc1C(=O)NCCOc1ccccc1C(C)(C)C. The molecule has 0 bridgehead atoms. The summed E-state index contributed by atoms with van der Waals surface area (Å²) < 4.78 is 11.6. The van der Waals surface area contributed by atoms with Crippen molar-refractivity contribution < 1.29 is 14.3 Å². The molecular formula is C22H29NO3. The van der Waals surface area contributed by atoms with Crippen LogP contribution in [0.25, 0.3) is 0 Å². The minimum absolute atomic E-state index is 0.00691. The predicted octanol–water partition coefficient (Wildman–Crippen LogP) is 4.58. The van der Waals surface area contributed by atoms with Gasteiger partial charge in [-0.2, -0.15) is 0 Å². The number of carbonyl (C=O) groups excluding carboxylic acids is 1. The van der Waals surface area contributed by atoms with Gasteiger partial charge in [0.15, 0.2) is 0 Å². The maximum atomic E-state index is 12.4. The zero-order valence-electron chi connectivity index (χ0n) is 16.3. The van der Waals surface area contributed by atoms with E-state index in [4.69, 9.17) is 9.47 Å². The average Bonchev–Trinajstić information content (AvgIpc) is 2.58.